The van der Waals surface area contributed by atoms with Gasteiger partial charge in [-0.05, 0) is 33.2 Å². The van der Waals surface area contributed by atoms with Gasteiger partial charge in [-0.2, -0.15) is 5.10 Å². The van der Waals surface area contributed by atoms with Gasteiger partial charge in [0.25, 0.3) is 0 Å². The predicted octanol–water partition coefficient (Wildman–Crippen LogP) is 2.11. The third kappa shape index (κ3) is 3.86. The zero-order valence-electron chi connectivity index (χ0n) is 15.1. The van der Waals surface area contributed by atoms with E-state index >= 15 is 0 Å². The van der Waals surface area contributed by atoms with E-state index in [1.165, 1.54) is 11.3 Å². The number of carbonyl (C=O) groups is 1. The van der Waals surface area contributed by atoms with E-state index in [2.05, 4.69) is 40.3 Å². The van der Waals surface area contributed by atoms with Gasteiger partial charge in [0.1, 0.15) is 11.5 Å². The van der Waals surface area contributed by atoms with Crippen molar-refractivity contribution >= 4 is 22.4 Å². The molecule has 9 nitrogen and oxygen atoms in total. The monoisotopic (exact) mass is 384 g/mol. The first-order valence-electron chi connectivity index (χ1n) is 8.77. The number of aryl methyl sites for hydroxylation is 2. The van der Waals surface area contributed by atoms with Gasteiger partial charge in [-0.25, -0.2) is 15.0 Å². The van der Waals surface area contributed by atoms with Crippen LogP contribution >= 0.6 is 11.3 Å². The number of hydrogen-bond acceptors (Lipinski definition) is 8. The van der Waals surface area contributed by atoms with E-state index in [-0.39, 0.29) is 11.9 Å². The van der Waals surface area contributed by atoms with Gasteiger partial charge < -0.3 is 5.32 Å². The van der Waals surface area contributed by atoms with Crippen molar-refractivity contribution in [2.24, 2.45) is 0 Å². The number of hydrogen-bond donors (Lipinski definition) is 2. The van der Waals surface area contributed by atoms with Crippen molar-refractivity contribution < 1.29 is 4.79 Å². The van der Waals surface area contributed by atoms with Gasteiger partial charge in [-0.1, -0.05) is 0 Å². The highest BCUT2D eigenvalue weighted by Crippen LogP contribution is 2.30. The Hall–Kier alpha value is -2.72. The summed E-state index contributed by atoms with van der Waals surface area (Å²) in [6.07, 6.45) is 6.79. The van der Waals surface area contributed by atoms with Crippen LogP contribution in [-0.4, -0.2) is 54.0 Å². The van der Waals surface area contributed by atoms with E-state index in [9.17, 15) is 4.79 Å². The average Bonchev–Trinajstić information content (AvgIpc) is 3.37. The number of carbonyl (C=O) groups excluding carboxylic acids is 1. The minimum absolute atomic E-state index is 0.0356. The quantitative estimate of drug-likeness (QED) is 0.693. The summed E-state index contributed by atoms with van der Waals surface area (Å²) in [5, 5.41) is 10.8. The summed E-state index contributed by atoms with van der Waals surface area (Å²) in [7, 11) is 0. The third-order valence-corrected chi connectivity index (χ3v) is 5.58. The van der Waals surface area contributed by atoms with Crippen molar-refractivity contribution in [2.75, 3.05) is 18.4 Å². The summed E-state index contributed by atoms with van der Waals surface area (Å²) in [5.41, 5.74) is 1.57. The van der Waals surface area contributed by atoms with Gasteiger partial charge >= 0.3 is 0 Å². The van der Waals surface area contributed by atoms with Crippen molar-refractivity contribution in [2.45, 2.75) is 32.7 Å². The zero-order valence-corrected chi connectivity index (χ0v) is 16.0. The maximum atomic E-state index is 12.4. The van der Waals surface area contributed by atoms with Gasteiger partial charge in [0.2, 0.25) is 11.7 Å². The van der Waals surface area contributed by atoms with E-state index < -0.39 is 0 Å². The number of H-pyrrole nitrogens is 1. The Balaban J connectivity index is 1.43. The van der Waals surface area contributed by atoms with Crippen molar-refractivity contribution in [3.05, 3.63) is 35.0 Å². The fraction of sp³-hybridized carbons (Fsp3) is 0.412. The molecule has 3 aromatic rings. The molecule has 1 amide bonds. The first kappa shape index (κ1) is 17.7. The van der Waals surface area contributed by atoms with Crippen LogP contribution in [0.5, 0.6) is 0 Å². The van der Waals surface area contributed by atoms with Gasteiger partial charge in [-0.3, -0.25) is 19.8 Å². The molecule has 0 bridgehead atoms. The normalized spacial score (nSPS) is 17.3. The molecule has 27 heavy (non-hydrogen) atoms. The van der Waals surface area contributed by atoms with Crippen LogP contribution in [0.1, 0.15) is 35.3 Å². The molecule has 1 atom stereocenters. The summed E-state index contributed by atoms with van der Waals surface area (Å²) in [4.78, 5) is 32.9. The van der Waals surface area contributed by atoms with Crippen molar-refractivity contribution in [1.29, 1.82) is 0 Å². The molecule has 0 aromatic carbocycles. The Morgan fingerprint density at radius 2 is 2.26 bits per heavy atom. The standard InChI is InChI=1S/C17H20N8OS/c1-10-11(2)27-17(20-10)21-14(26)9-25-7-3-4-13(25)16-22-15(23-24-16)12-8-18-5-6-19-12/h5-6,8,13H,3-4,7,9H2,1-2H3,(H,20,21,26)(H,22,23,24). The van der Waals surface area contributed by atoms with E-state index in [0.29, 0.717) is 23.2 Å². The molecule has 1 saturated heterocycles. The van der Waals surface area contributed by atoms with Gasteiger partial charge in [0.15, 0.2) is 5.13 Å². The van der Waals surface area contributed by atoms with Crippen LogP contribution in [0.15, 0.2) is 18.6 Å². The highest BCUT2D eigenvalue weighted by molar-refractivity contribution is 7.15. The van der Waals surface area contributed by atoms with Crippen molar-refractivity contribution in [3.8, 4) is 11.5 Å². The second-order valence-corrected chi connectivity index (χ2v) is 7.68. The first-order valence-corrected chi connectivity index (χ1v) is 9.58. The third-order valence-electron chi connectivity index (χ3n) is 4.60. The second kappa shape index (κ2) is 7.49. The molecule has 0 aliphatic carbocycles. The number of likely N-dealkylation sites (tertiary alicyclic amines) is 1. The molecular weight excluding hydrogens is 364 g/mol. The van der Waals surface area contributed by atoms with Crippen LogP contribution in [0.3, 0.4) is 0 Å². The number of rotatable bonds is 5. The largest absolute Gasteiger partial charge is 0.301 e. The van der Waals surface area contributed by atoms with E-state index in [4.69, 9.17) is 0 Å². The number of amides is 1. The van der Waals surface area contributed by atoms with Crippen LogP contribution in [-0.2, 0) is 4.79 Å². The van der Waals surface area contributed by atoms with Gasteiger partial charge in [0.05, 0.1) is 24.5 Å². The molecule has 1 fully saturated rings. The fourth-order valence-corrected chi connectivity index (χ4v) is 3.98. The van der Waals surface area contributed by atoms with Crippen LogP contribution in [0.25, 0.3) is 11.5 Å². The summed E-state index contributed by atoms with van der Waals surface area (Å²) in [6, 6.07) is 0.0356. The molecule has 0 radical (unpaired) electrons. The number of nitrogens with one attached hydrogen (secondary N) is 2. The maximum absolute atomic E-state index is 12.4. The van der Waals surface area contributed by atoms with E-state index in [1.54, 1.807) is 18.6 Å². The predicted molar refractivity (Wildman–Crippen MR) is 101 cm³/mol. The number of nitrogens with zero attached hydrogens (tertiary/aromatic N) is 6. The van der Waals surface area contributed by atoms with Crippen LogP contribution in [0.2, 0.25) is 0 Å². The minimum atomic E-state index is -0.0654. The fourth-order valence-electron chi connectivity index (χ4n) is 3.15. The molecule has 4 rings (SSSR count). The molecule has 0 saturated carbocycles. The molecule has 140 valence electrons. The Morgan fingerprint density at radius 1 is 1.37 bits per heavy atom. The van der Waals surface area contributed by atoms with Crippen molar-refractivity contribution in [3.63, 3.8) is 0 Å². The van der Waals surface area contributed by atoms with Crippen LogP contribution < -0.4 is 5.32 Å². The summed E-state index contributed by atoms with van der Waals surface area (Å²) in [6.45, 7) is 5.08. The van der Waals surface area contributed by atoms with Gasteiger partial charge in [-0.15, -0.1) is 11.3 Å². The SMILES string of the molecule is Cc1nc(NC(=O)CN2CCCC2c2nc(-c3cnccn3)n[nH]2)sc1C. The molecule has 3 aromatic heterocycles. The number of aromatic amines is 1. The summed E-state index contributed by atoms with van der Waals surface area (Å²) >= 11 is 1.50. The molecule has 0 spiro atoms. The Morgan fingerprint density at radius 3 is 3.00 bits per heavy atom. The van der Waals surface area contributed by atoms with Crippen molar-refractivity contribution in [1.82, 2.24) is 35.0 Å². The lowest BCUT2D eigenvalue weighted by molar-refractivity contribution is -0.117. The number of thiazole rings is 1. The summed E-state index contributed by atoms with van der Waals surface area (Å²) in [5.74, 6) is 1.20. The lowest BCUT2D eigenvalue weighted by atomic mass is 10.2. The maximum Gasteiger partial charge on any atom is 0.240 e. The average molecular weight is 384 g/mol. The zero-order chi connectivity index (χ0) is 18.8. The Bertz CT molecular complexity index is 918. The highest BCUT2D eigenvalue weighted by atomic mass is 32.1. The first-order chi connectivity index (χ1) is 13.1. The molecule has 1 aliphatic heterocycles. The van der Waals surface area contributed by atoms with Crippen LogP contribution in [0.4, 0.5) is 5.13 Å². The minimum Gasteiger partial charge on any atom is -0.301 e. The number of anilines is 1. The molecule has 10 heteroatoms. The second-order valence-electron chi connectivity index (χ2n) is 6.47. The lowest BCUT2D eigenvalue weighted by Gasteiger charge is -2.21. The molecule has 1 unspecified atom stereocenters. The molecule has 1 aliphatic rings. The van der Waals surface area contributed by atoms with E-state index in [1.807, 2.05) is 13.8 Å². The van der Waals surface area contributed by atoms with Gasteiger partial charge in [0, 0.05) is 17.3 Å². The highest BCUT2D eigenvalue weighted by Gasteiger charge is 2.30. The lowest BCUT2D eigenvalue weighted by Crippen LogP contribution is -2.33. The topological polar surface area (TPSA) is 113 Å². The Labute approximate surface area is 160 Å². The molecule has 4 heterocycles. The number of aromatic nitrogens is 6. The van der Waals surface area contributed by atoms with Crippen LogP contribution in [0, 0.1) is 13.8 Å². The molecule has 2 N–H and O–H groups in total. The summed E-state index contributed by atoms with van der Waals surface area (Å²) < 4.78 is 0. The van der Waals surface area contributed by atoms with E-state index in [0.717, 1.165) is 35.8 Å². The molecular formula is C17H20N8OS. The Kier molecular flexibility index (Phi) is 4.90. The smallest absolute Gasteiger partial charge is 0.240 e.